The molecule has 0 bridgehead atoms. The Morgan fingerprint density at radius 3 is 2.69 bits per heavy atom. The van der Waals surface area contributed by atoms with Gasteiger partial charge in [-0.1, -0.05) is 0 Å². The first kappa shape index (κ1) is 8.63. The second-order valence-corrected chi connectivity index (χ2v) is 4.30. The maximum Gasteiger partial charge on any atom is 0.131 e. The topological polar surface area (TPSA) is 51.8 Å². The maximum atomic E-state index is 5.96. The summed E-state index contributed by atoms with van der Waals surface area (Å²) < 4.78 is 0. The van der Waals surface area contributed by atoms with Crippen LogP contribution in [0.1, 0.15) is 44.1 Å². The van der Waals surface area contributed by atoms with Gasteiger partial charge in [0.15, 0.2) is 0 Å². The highest BCUT2D eigenvalue weighted by atomic mass is 14.9. The summed E-state index contributed by atoms with van der Waals surface area (Å²) >= 11 is 0. The second-order valence-electron chi connectivity index (χ2n) is 4.30. The average molecular weight is 177 g/mol. The molecule has 0 unspecified atom stereocenters. The second kappa shape index (κ2) is 2.77. The molecule has 1 saturated carbocycles. The molecule has 0 saturated heterocycles. The minimum atomic E-state index is -0.355. The standard InChI is InChI=1S/C10H15N3/c1-10(2,11)8-5-6-12-9(13-8)7-3-4-7/h5-7H,3-4,11H2,1-2H3. The van der Waals surface area contributed by atoms with E-state index >= 15 is 0 Å². The Labute approximate surface area is 78.4 Å². The number of nitrogens with zero attached hydrogens (tertiary/aromatic N) is 2. The lowest BCUT2D eigenvalue weighted by Crippen LogP contribution is -2.30. The first-order valence-electron chi connectivity index (χ1n) is 4.69. The first-order valence-corrected chi connectivity index (χ1v) is 4.69. The van der Waals surface area contributed by atoms with Gasteiger partial charge in [-0.25, -0.2) is 9.97 Å². The minimum absolute atomic E-state index is 0.355. The van der Waals surface area contributed by atoms with Crippen LogP contribution in [0.5, 0.6) is 0 Å². The molecule has 0 aliphatic heterocycles. The van der Waals surface area contributed by atoms with Crippen LogP contribution in [0.2, 0.25) is 0 Å². The Kier molecular flexibility index (Phi) is 1.84. The monoisotopic (exact) mass is 177 g/mol. The number of nitrogens with two attached hydrogens (primary N) is 1. The van der Waals surface area contributed by atoms with Crippen LogP contribution in [0.4, 0.5) is 0 Å². The van der Waals surface area contributed by atoms with E-state index in [0.29, 0.717) is 5.92 Å². The molecule has 0 aromatic carbocycles. The molecule has 0 spiro atoms. The highest BCUT2D eigenvalue weighted by Gasteiger charge is 2.27. The molecular formula is C10H15N3. The van der Waals surface area contributed by atoms with Crippen molar-refractivity contribution in [1.29, 1.82) is 0 Å². The van der Waals surface area contributed by atoms with Crippen LogP contribution in [0.25, 0.3) is 0 Å². The van der Waals surface area contributed by atoms with E-state index in [1.54, 1.807) is 0 Å². The summed E-state index contributed by atoms with van der Waals surface area (Å²) in [4.78, 5) is 8.72. The molecule has 3 heteroatoms. The van der Waals surface area contributed by atoms with Crippen LogP contribution in [-0.4, -0.2) is 9.97 Å². The highest BCUT2D eigenvalue weighted by Crippen LogP contribution is 2.38. The third kappa shape index (κ3) is 1.86. The van der Waals surface area contributed by atoms with Crippen molar-refractivity contribution in [3.63, 3.8) is 0 Å². The van der Waals surface area contributed by atoms with Gasteiger partial charge in [0.1, 0.15) is 5.82 Å². The summed E-state index contributed by atoms with van der Waals surface area (Å²) in [5.74, 6) is 1.57. The van der Waals surface area contributed by atoms with Crippen LogP contribution in [-0.2, 0) is 5.54 Å². The van der Waals surface area contributed by atoms with Gasteiger partial charge in [0, 0.05) is 12.1 Å². The molecule has 70 valence electrons. The van der Waals surface area contributed by atoms with Crippen molar-refractivity contribution in [2.75, 3.05) is 0 Å². The van der Waals surface area contributed by atoms with Gasteiger partial charge in [-0.2, -0.15) is 0 Å². The fourth-order valence-electron chi connectivity index (χ4n) is 1.27. The van der Waals surface area contributed by atoms with E-state index in [4.69, 9.17) is 5.73 Å². The zero-order chi connectivity index (χ0) is 9.47. The molecule has 0 amide bonds. The van der Waals surface area contributed by atoms with E-state index in [0.717, 1.165) is 11.5 Å². The average Bonchev–Trinajstić information content (AvgIpc) is 2.85. The third-order valence-electron chi connectivity index (χ3n) is 2.28. The van der Waals surface area contributed by atoms with E-state index in [1.165, 1.54) is 12.8 Å². The molecule has 13 heavy (non-hydrogen) atoms. The molecular weight excluding hydrogens is 162 g/mol. The number of hydrogen-bond donors (Lipinski definition) is 1. The molecule has 1 heterocycles. The highest BCUT2D eigenvalue weighted by molar-refractivity contribution is 5.15. The molecule has 1 aliphatic carbocycles. The Morgan fingerprint density at radius 1 is 1.46 bits per heavy atom. The fourth-order valence-corrected chi connectivity index (χ4v) is 1.27. The molecule has 1 aromatic heterocycles. The lowest BCUT2D eigenvalue weighted by Gasteiger charge is -2.17. The zero-order valence-electron chi connectivity index (χ0n) is 8.12. The molecule has 2 rings (SSSR count). The van der Waals surface area contributed by atoms with E-state index < -0.39 is 0 Å². The molecule has 2 N–H and O–H groups in total. The van der Waals surface area contributed by atoms with E-state index in [9.17, 15) is 0 Å². The molecule has 0 radical (unpaired) electrons. The van der Waals surface area contributed by atoms with Crippen molar-refractivity contribution in [3.05, 3.63) is 23.8 Å². The molecule has 1 aromatic rings. The summed E-state index contributed by atoms with van der Waals surface area (Å²) in [6, 6.07) is 1.89. The summed E-state index contributed by atoms with van der Waals surface area (Å²) in [5.41, 5.74) is 6.54. The summed E-state index contributed by atoms with van der Waals surface area (Å²) in [5, 5.41) is 0. The van der Waals surface area contributed by atoms with Crippen molar-refractivity contribution in [2.45, 2.75) is 38.1 Å². The summed E-state index contributed by atoms with van der Waals surface area (Å²) in [6.07, 6.45) is 4.27. The minimum Gasteiger partial charge on any atom is -0.321 e. The predicted molar refractivity (Wildman–Crippen MR) is 51.2 cm³/mol. The fraction of sp³-hybridized carbons (Fsp3) is 0.600. The normalized spacial score (nSPS) is 17.5. The van der Waals surface area contributed by atoms with Gasteiger partial charge in [-0.3, -0.25) is 0 Å². The van der Waals surface area contributed by atoms with Gasteiger partial charge in [-0.05, 0) is 32.8 Å². The van der Waals surface area contributed by atoms with Crippen molar-refractivity contribution < 1.29 is 0 Å². The van der Waals surface area contributed by atoms with Gasteiger partial charge in [0.05, 0.1) is 11.2 Å². The zero-order valence-corrected chi connectivity index (χ0v) is 8.12. The lowest BCUT2D eigenvalue weighted by molar-refractivity contribution is 0.529. The number of rotatable bonds is 2. The van der Waals surface area contributed by atoms with Crippen LogP contribution in [0.15, 0.2) is 12.3 Å². The van der Waals surface area contributed by atoms with Crippen molar-refractivity contribution in [2.24, 2.45) is 5.73 Å². The van der Waals surface area contributed by atoms with Crippen molar-refractivity contribution in [1.82, 2.24) is 9.97 Å². The smallest absolute Gasteiger partial charge is 0.131 e. The molecule has 0 atom stereocenters. The van der Waals surface area contributed by atoms with E-state index in [2.05, 4.69) is 9.97 Å². The predicted octanol–water partition coefficient (Wildman–Crippen LogP) is 1.55. The SMILES string of the molecule is CC(C)(N)c1ccnc(C2CC2)n1. The van der Waals surface area contributed by atoms with Crippen LogP contribution < -0.4 is 5.73 Å². The summed E-state index contributed by atoms with van der Waals surface area (Å²) in [6.45, 7) is 3.93. The van der Waals surface area contributed by atoms with Crippen molar-refractivity contribution in [3.8, 4) is 0 Å². The Hall–Kier alpha value is -0.960. The van der Waals surface area contributed by atoms with E-state index in [-0.39, 0.29) is 5.54 Å². The number of hydrogen-bond acceptors (Lipinski definition) is 3. The van der Waals surface area contributed by atoms with Crippen molar-refractivity contribution >= 4 is 0 Å². The maximum absolute atomic E-state index is 5.96. The Balaban J connectivity index is 2.32. The van der Waals surface area contributed by atoms with Crippen LogP contribution in [0.3, 0.4) is 0 Å². The van der Waals surface area contributed by atoms with E-state index in [1.807, 2.05) is 26.1 Å². The van der Waals surface area contributed by atoms with Crippen LogP contribution in [0, 0.1) is 0 Å². The van der Waals surface area contributed by atoms with Gasteiger partial charge in [-0.15, -0.1) is 0 Å². The molecule has 1 fully saturated rings. The van der Waals surface area contributed by atoms with Gasteiger partial charge in [0.2, 0.25) is 0 Å². The number of aromatic nitrogens is 2. The Bertz CT molecular complexity index is 310. The van der Waals surface area contributed by atoms with Crippen LogP contribution >= 0.6 is 0 Å². The van der Waals surface area contributed by atoms with Gasteiger partial charge < -0.3 is 5.73 Å². The lowest BCUT2D eigenvalue weighted by atomic mass is 10.0. The third-order valence-corrected chi connectivity index (χ3v) is 2.28. The largest absolute Gasteiger partial charge is 0.321 e. The van der Waals surface area contributed by atoms with Gasteiger partial charge in [0.25, 0.3) is 0 Å². The summed E-state index contributed by atoms with van der Waals surface area (Å²) in [7, 11) is 0. The first-order chi connectivity index (χ1) is 6.07. The quantitative estimate of drug-likeness (QED) is 0.745. The molecule has 1 aliphatic rings. The molecule has 3 nitrogen and oxygen atoms in total. The Morgan fingerprint density at radius 2 is 2.15 bits per heavy atom. The van der Waals surface area contributed by atoms with Gasteiger partial charge >= 0.3 is 0 Å².